The Labute approximate surface area is 148 Å². The molecular formula is C19H25NO5. The van der Waals surface area contributed by atoms with E-state index in [1.165, 1.54) is 5.06 Å². The average Bonchev–Trinajstić information content (AvgIpc) is 2.52. The second-order valence-corrected chi connectivity index (χ2v) is 6.97. The highest BCUT2D eigenvalue weighted by Crippen LogP contribution is 2.30. The van der Waals surface area contributed by atoms with E-state index >= 15 is 0 Å². The van der Waals surface area contributed by atoms with Crippen molar-refractivity contribution in [3.63, 3.8) is 0 Å². The van der Waals surface area contributed by atoms with E-state index in [1.54, 1.807) is 20.8 Å². The van der Waals surface area contributed by atoms with Crippen molar-refractivity contribution in [3.05, 3.63) is 29.8 Å². The van der Waals surface area contributed by atoms with Crippen LogP contribution in [0.3, 0.4) is 0 Å². The first kappa shape index (κ1) is 19.1. The first-order chi connectivity index (χ1) is 11.8. The molecule has 6 heteroatoms. The molecule has 1 saturated heterocycles. The maximum Gasteiger partial charge on any atom is 0.528 e. The molecule has 0 aromatic heterocycles. The van der Waals surface area contributed by atoms with Crippen molar-refractivity contribution in [2.24, 2.45) is 0 Å². The third kappa shape index (κ3) is 5.96. The molecule has 0 bridgehead atoms. The number of ether oxygens (including phenoxy) is 2. The van der Waals surface area contributed by atoms with Crippen LogP contribution in [0, 0.1) is 12.3 Å². The number of rotatable bonds is 4. The molecule has 1 aliphatic rings. The zero-order valence-electron chi connectivity index (χ0n) is 14.9. The molecule has 2 atom stereocenters. The number of carbonyl (C=O) groups excluding carboxylic acids is 1. The van der Waals surface area contributed by atoms with Crippen molar-refractivity contribution in [2.75, 3.05) is 19.7 Å². The van der Waals surface area contributed by atoms with Crippen molar-refractivity contribution in [2.45, 2.75) is 44.8 Å². The normalized spacial score (nSPS) is 21.2. The molecule has 0 aliphatic carbocycles. The number of terminal acetylenes is 1. The minimum absolute atomic E-state index is 0.0276. The van der Waals surface area contributed by atoms with E-state index in [1.807, 2.05) is 24.3 Å². The van der Waals surface area contributed by atoms with Gasteiger partial charge in [-0.1, -0.05) is 18.1 Å². The number of hydrogen-bond donors (Lipinski definition) is 1. The summed E-state index contributed by atoms with van der Waals surface area (Å²) in [4.78, 5) is 16.9. The fraction of sp³-hybridized carbons (Fsp3) is 0.526. The van der Waals surface area contributed by atoms with Crippen LogP contribution in [0.5, 0.6) is 5.75 Å². The molecule has 0 spiro atoms. The summed E-state index contributed by atoms with van der Waals surface area (Å²) in [5, 5.41) is 11.9. The van der Waals surface area contributed by atoms with Crippen LogP contribution in [0.15, 0.2) is 24.3 Å². The van der Waals surface area contributed by atoms with Crippen LogP contribution >= 0.6 is 0 Å². The van der Waals surface area contributed by atoms with E-state index in [0.717, 1.165) is 5.56 Å². The molecule has 25 heavy (non-hydrogen) atoms. The Kier molecular flexibility index (Phi) is 6.29. The highest BCUT2D eigenvalue weighted by molar-refractivity contribution is 5.60. The lowest BCUT2D eigenvalue weighted by Crippen LogP contribution is -2.44. The van der Waals surface area contributed by atoms with Crippen LogP contribution in [0.4, 0.5) is 4.79 Å². The molecular weight excluding hydrogens is 322 g/mol. The van der Waals surface area contributed by atoms with Crippen molar-refractivity contribution < 1.29 is 24.2 Å². The molecule has 0 saturated carbocycles. The van der Waals surface area contributed by atoms with E-state index in [0.29, 0.717) is 18.7 Å². The number of carbonyl (C=O) groups is 1. The molecule has 1 aromatic carbocycles. The number of β-amino-alcohol motifs (C(OH)–C–C–N with tert-alkyl or cyclic N) is 1. The van der Waals surface area contributed by atoms with Gasteiger partial charge in [0.05, 0.1) is 12.6 Å². The molecule has 6 nitrogen and oxygen atoms in total. The number of piperidine rings is 1. The van der Waals surface area contributed by atoms with Crippen LogP contribution < -0.4 is 4.74 Å². The third-order valence-electron chi connectivity index (χ3n) is 3.77. The SMILES string of the molecule is C#CCOc1ccc(C2CCN(OC(=O)OC(C)(C)C)CC2O)cc1. The van der Waals surface area contributed by atoms with Crippen molar-refractivity contribution >= 4 is 6.16 Å². The average molecular weight is 347 g/mol. The van der Waals surface area contributed by atoms with Crippen LogP contribution in [0.2, 0.25) is 0 Å². The molecule has 1 aliphatic heterocycles. The summed E-state index contributed by atoms with van der Waals surface area (Å²) in [6.45, 7) is 6.29. The molecule has 0 radical (unpaired) electrons. The quantitative estimate of drug-likeness (QED) is 0.667. The third-order valence-corrected chi connectivity index (χ3v) is 3.77. The van der Waals surface area contributed by atoms with Crippen LogP contribution in [0.1, 0.15) is 38.7 Å². The predicted octanol–water partition coefficient (Wildman–Crippen LogP) is 2.72. The molecule has 0 amide bonds. The largest absolute Gasteiger partial charge is 0.528 e. The second kappa shape index (κ2) is 8.24. The molecule has 1 aromatic rings. The van der Waals surface area contributed by atoms with Gasteiger partial charge in [0, 0.05) is 12.5 Å². The molecule has 1 N–H and O–H groups in total. The van der Waals surface area contributed by atoms with Gasteiger partial charge in [0.15, 0.2) is 0 Å². The van der Waals surface area contributed by atoms with E-state index in [4.69, 9.17) is 20.7 Å². The fourth-order valence-corrected chi connectivity index (χ4v) is 2.68. The number of hydrogen-bond acceptors (Lipinski definition) is 6. The number of nitrogens with zero attached hydrogens (tertiary/aromatic N) is 1. The van der Waals surface area contributed by atoms with Gasteiger partial charge in [-0.2, -0.15) is 0 Å². The zero-order valence-corrected chi connectivity index (χ0v) is 14.9. The Morgan fingerprint density at radius 1 is 1.36 bits per heavy atom. The number of aliphatic hydroxyl groups excluding tert-OH is 1. The van der Waals surface area contributed by atoms with E-state index < -0.39 is 17.9 Å². The Hall–Kier alpha value is -2.23. The maximum atomic E-state index is 11.7. The van der Waals surface area contributed by atoms with Gasteiger partial charge in [-0.15, -0.1) is 11.5 Å². The first-order valence-corrected chi connectivity index (χ1v) is 8.28. The molecule has 1 fully saturated rings. The van der Waals surface area contributed by atoms with Gasteiger partial charge in [-0.25, -0.2) is 4.79 Å². The van der Waals surface area contributed by atoms with Gasteiger partial charge in [-0.05, 0) is 44.9 Å². The summed E-state index contributed by atoms with van der Waals surface area (Å²) in [7, 11) is 0. The topological polar surface area (TPSA) is 68.2 Å². The lowest BCUT2D eigenvalue weighted by Gasteiger charge is -2.34. The van der Waals surface area contributed by atoms with Gasteiger partial charge < -0.3 is 19.4 Å². The number of benzene rings is 1. The summed E-state index contributed by atoms with van der Waals surface area (Å²) in [5.41, 5.74) is 0.398. The smallest absolute Gasteiger partial charge is 0.481 e. The van der Waals surface area contributed by atoms with E-state index in [2.05, 4.69) is 5.92 Å². The number of aliphatic hydroxyl groups is 1. The highest BCUT2D eigenvalue weighted by Gasteiger charge is 2.31. The van der Waals surface area contributed by atoms with E-state index in [9.17, 15) is 9.90 Å². The standard InChI is InChI=1S/C19H25NO5/c1-5-12-23-15-8-6-14(7-9-15)16-10-11-20(13-17(16)21)25-18(22)24-19(2,3)4/h1,6-9,16-17,21H,10-13H2,2-4H3. The molecule has 2 rings (SSSR count). The zero-order chi connectivity index (χ0) is 18.4. The highest BCUT2D eigenvalue weighted by atomic mass is 16.8. The predicted molar refractivity (Wildman–Crippen MR) is 93.0 cm³/mol. The Balaban J connectivity index is 1.89. The summed E-state index contributed by atoms with van der Waals surface area (Å²) in [6, 6.07) is 7.51. The van der Waals surface area contributed by atoms with E-state index in [-0.39, 0.29) is 19.1 Å². The molecule has 2 unspecified atom stereocenters. The minimum Gasteiger partial charge on any atom is -0.481 e. The van der Waals surface area contributed by atoms with Crippen molar-refractivity contribution in [1.29, 1.82) is 0 Å². The number of hydroxylamine groups is 2. The van der Waals surface area contributed by atoms with Crippen molar-refractivity contribution in [1.82, 2.24) is 5.06 Å². The summed E-state index contributed by atoms with van der Waals surface area (Å²) >= 11 is 0. The van der Waals surface area contributed by atoms with Gasteiger partial charge in [0.2, 0.25) is 0 Å². The fourth-order valence-electron chi connectivity index (χ4n) is 2.68. The lowest BCUT2D eigenvalue weighted by atomic mass is 9.88. The second-order valence-electron chi connectivity index (χ2n) is 6.97. The van der Waals surface area contributed by atoms with Gasteiger partial charge in [0.25, 0.3) is 0 Å². The summed E-state index contributed by atoms with van der Waals surface area (Å²) in [5.74, 6) is 3.08. The Bertz CT molecular complexity index is 614. The van der Waals surface area contributed by atoms with Crippen LogP contribution in [0.25, 0.3) is 0 Å². The molecule has 1 heterocycles. The monoisotopic (exact) mass is 347 g/mol. The lowest BCUT2D eigenvalue weighted by molar-refractivity contribution is -0.170. The van der Waals surface area contributed by atoms with Gasteiger partial charge >= 0.3 is 6.16 Å². The maximum absolute atomic E-state index is 11.7. The van der Waals surface area contributed by atoms with Crippen molar-refractivity contribution in [3.8, 4) is 18.1 Å². The first-order valence-electron chi connectivity index (χ1n) is 8.28. The van der Waals surface area contributed by atoms with Gasteiger partial charge in [0.1, 0.15) is 18.0 Å². The Morgan fingerprint density at radius 3 is 2.60 bits per heavy atom. The summed E-state index contributed by atoms with van der Waals surface area (Å²) in [6.07, 6.45) is 4.43. The van der Waals surface area contributed by atoms with Gasteiger partial charge in [-0.3, -0.25) is 0 Å². The minimum atomic E-state index is -0.756. The van der Waals surface area contributed by atoms with Crippen LogP contribution in [-0.4, -0.2) is 47.7 Å². The Morgan fingerprint density at radius 2 is 2.04 bits per heavy atom. The summed E-state index contributed by atoms with van der Waals surface area (Å²) < 4.78 is 10.5. The molecule has 136 valence electrons. The van der Waals surface area contributed by atoms with Crippen LogP contribution in [-0.2, 0) is 9.57 Å².